The van der Waals surface area contributed by atoms with Gasteiger partial charge in [0.1, 0.15) is 0 Å². The van der Waals surface area contributed by atoms with E-state index >= 15 is 0 Å². The van der Waals surface area contributed by atoms with E-state index in [-0.39, 0.29) is 0 Å². The normalized spacial score (nSPS) is 8.62. The summed E-state index contributed by atoms with van der Waals surface area (Å²) in [5, 5.41) is 7.80. The van der Waals surface area contributed by atoms with E-state index in [9.17, 15) is 13.2 Å². The number of hydrogen-bond acceptors (Lipinski definition) is 4. The van der Waals surface area contributed by atoms with Crippen LogP contribution in [0.2, 0.25) is 0 Å². The van der Waals surface area contributed by atoms with Gasteiger partial charge in [-0.25, -0.2) is 0 Å². The van der Waals surface area contributed by atoms with Crippen molar-refractivity contribution < 1.29 is 18.3 Å². The molecule has 6 heteroatoms. The van der Waals surface area contributed by atoms with Gasteiger partial charge in [0.15, 0.2) is 6.54 Å². The van der Waals surface area contributed by atoms with Gasteiger partial charge in [0.2, 0.25) is 0 Å². The van der Waals surface area contributed by atoms with Crippen molar-refractivity contribution in [1.82, 2.24) is 0 Å². The third-order valence-corrected chi connectivity index (χ3v) is 2.07. The van der Waals surface area contributed by atoms with Crippen LogP contribution in [-0.4, -0.2) is 26.0 Å². The van der Waals surface area contributed by atoms with Gasteiger partial charge in [0.05, 0.1) is 0 Å². The zero-order valence-corrected chi connectivity index (χ0v) is 9.86. The number of rotatable bonds is 2. The molecule has 1 aromatic rings. The molecule has 0 bridgehead atoms. The summed E-state index contributed by atoms with van der Waals surface area (Å²) in [7, 11) is -2.59. The predicted octanol–water partition coefficient (Wildman–Crippen LogP) is 1.44. The van der Waals surface area contributed by atoms with Crippen LogP contribution < -0.4 is 0 Å². The topological polar surface area (TPSA) is 83.8 Å². The zero-order chi connectivity index (χ0) is 12.6. The van der Waals surface area contributed by atoms with Gasteiger partial charge >= 0.3 is 16.5 Å². The number of carbonyl (C=O) groups is 1. The summed E-state index contributed by atoms with van der Waals surface area (Å²) in [6, 6.07) is 8.36. The predicted molar refractivity (Wildman–Crippen MR) is 59.8 cm³/mol. The Kier molecular flexibility index (Phi) is 6.78. The second kappa shape index (κ2) is 7.58. The van der Waals surface area contributed by atoms with Crippen LogP contribution in [0.15, 0.2) is 28.6 Å². The number of hydrogen-bond donors (Lipinski definition) is 1. The Morgan fingerprint density at radius 1 is 1.25 bits per heavy atom. The molecule has 0 atom stereocenters. The SMILES string of the molecule is Cc1ccccc1C.O=C(O)CN=S(=O)=O. The van der Waals surface area contributed by atoms with Gasteiger partial charge in [-0.3, -0.25) is 4.79 Å². The van der Waals surface area contributed by atoms with Crippen LogP contribution in [0.3, 0.4) is 0 Å². The monoisotopic (exact) mass is 243 g/mol. The fourth-order valence-electron chi connectivity index (χ4n) is 0.771. The van der Waals surface area contributed by atoms with E-state index in [0.29, 0.717) is 0 Å². The summed E-state index contributed by atoms with van der Waals surface area (Å²) < 4.78 is 21.6. The maximum Gasteiger partial charge on any atom is 0.326 e. The highest BCUT2D eigenvalue weighted by Gasteiger charge is 1.89. The number of nitrogens with zero attached hydrogens (tertiary/aromatic N) is 1. The molecule has 88 valence electrons. The lowest BCUT2D eigenvalue weighted by Gasteiger charge is -1.93. The van der Waals surface area contributed by atoms with Crippen molar-refractivity contribution in [3.05, 3.63) is 35.4 Å². The molecule has 0 aliphatic heterocycles. The fourth-order valence-corrected chi connectivity index (χ4v) is 0.986. The first kappa shape index (κ1) is 14.3. The van der Waals surface area contributed by atoms with Crippen molar-refractivity contribution >= 4 is 16.5 Å². The van der Waals surface area contributed by atoms with E-state index in [1.54, 1.807) is 0 Å². The summed E-state index contributed by atoms with van der Waals surface area (Å²) in [4.78, 5) is 9.54. The molecule has 1 N–H and O–H groups in total. The number of carboxylic acids is 1. The van der Waals surface area contributed by atoms with Gasteiger partial charge in [-0.15, -0.1) is 0 Å². The minimum absolute atomic E-state index is 0.684. The molecule has 5 nitrogen and oxygen atoms in total. The average Bonchev–Trinajstić information content (AvgIpc) is 2.20. The third-order valence-electron chi connectivity index (χ3n) is 1.73. The number of carboxylic acid groups (broad SMARTS) is 1. The maximum absolute atomic E-state index is 9.54. The molecule has 0 spiro atoms. The molecule has 0 radical (unpaired) electrons. The van der Waals surface area contributed by atoms with Crippen molar-refractivity contribution in [3.8, 4) is 0 Å². The van der Waals surface area contributed by atoms with Crippen LogP contribution in [0.5, 0.6) is 0 Å². The zero-order valence-electron chi connectivity index (χ0n) is 9.04. The molecule has 0 saturated heterocycles. The highest BCUT2D eigenvalue weighted by Crippen LogP contribution is 2.02. The van der Waals surface area contributed by atoms with Gasteiger partial charge in [-0.2, -0.15) is 12.8 Å². The fraction of sp³-hybridized carbons (Fsp3) is 0.300. The minimum atomic E-state index is -2.59. The summed E-state index contributed by atoms with van der Waals surface area (Å²) >= 11 is 0. The van der Waals surface area contributed by atoms with E-state index in [1.165, 1.54) is 11.1 Å². The smallest absolute Gasteiger partial charge is 0.326 e. The molecule has 1 rings (SSSR count). The van der Waals surface area contributed by atoms with Crippen LogP contribution in [-0.2, 0) is 15.3 Å². The van der Waals surface area contributed by atoms with Crippen LogP contribution in [0.4, 0.5) is 0 Å². The van der Waals surface area contributed by atoms with Crippen molar-refractivity contribution in [1.29, 1.82) is 0 Å². The van der Waals surface area contributed by atoms with Gasteiger partial charge in [-0.05, 0) is 25.0 Å². The molecule has 0 aromatic heterocycles. The first-order valence-electron chi connectivity index (χ1n) is 4.44. The number of benzene rings is 1. The van der Waals surface area contributed by atoms with Crippen molar-refractivity contribution in [3.63, 3.8) is 0 Å². The van der Waals surface area contributed by atoms with Crippen LogP contribution >= 0.6 is 0 Å². The van der Waals surface area contributed by atoms with Crippen LogP contribution in [0.25, 0.3) is 0 Å². The standard InChI is InChI=1S/C8H10.C2H3NO4S/c1-7-5-3-4-6-8(7)2;4-2(5)1-3-8(6)7/h3-6H,1-2H3;1H2,(H,4,5). The molecular formula is C10H13NO4S. The van der Waals surface area contributed by atoms with E-state index < -0.39 is 23.0 Å². The molecule has 0 unspecified atom stereocenters. The number of aryl methyl sites for hydroxylation is 2. The Hall–Kier alpha value is -1.69. The summed E-state index contributed by atoms with van der Waals surface area (Å²) in [6.45, 7) is 3.56. The average molecular weight is 243 g/mol. The van der Waals surface area contributed by atoms with Crippen LogP contribution in [0, 0.1) is 13.8 Å². The molecule has 0 heterocycles. The number of aliphatic carboxylic acids is 1. The Balaban J connectivity index is 0.000000281. The molecular weight excluding hydrogens is 230 g/mol. The third kappa shape index (κ3) is 7.69. The molecule has 0 saturated carbocycles. The van der Waals surface area contributed by atoms with Gasteiger partial charge in [0, 0.05) is 0 Å². The van der Waals surface area contributed by atoms with E-state index in [4.69, 9.17) is 5.11 Å². The van der Waals surface area contributed by atoms with E-state index in [2.05, 4.69) is 42.5 Å². The minimum Gasteiger partial charge on any atom is -0.480 e. The van der Waals surface area contributed by atoms with E-state index in [0.717, 1.165) is 0 Å². The second-order valence-corrected chi connectivity index (χ2v) is 3.67. The second-order valence-electron chi connectivity index (χ2n) is 2.98. The summed E-state index contributed by atoms with van der Waals surface area (Å²) in [6.07, 6.45) is 0. The first-order valence-corrected chi connectivity index (χ1v) is 5.47. The Labute approximate surface area is 95.4 Å². The van der Waals surface area contributed by atoms with Crippen molar-refractivity contribution in [2.75, 3.05) is 6.54 Å². The highest BCUT2D eigenvalue weighted by atomic mass is 32.2. The lowest BCUT2D eigenvalue weighted by atomic mass is 10.1. The quantitative estimate of drug-likeness (QED) is 0.851. The van der Waals surface area contributed by atoms with Crippen molar-refractivity contribution in [2.45, 2.75) is 13.8 Å². The van der Waals surface area contributed by atoms with Crippen LogP contribution in [0.1, 0.15) is 11.1 Å². The lowest BCUT2D eigenvalue weighted by molar-refractivity contribution is -0.135. The summed E-state index contributed by atoms with van der Waals surface area (Å²) in [5.41, 5.74) is 2.74. The Morgan fingerprint density at radius 2 is 1.69 bits per heavy atom. The first-order chi connectivity index (χ1) is 7.43. The van der Waals surface area contributed by atoms with Gasteiger partial charge < -0.3 is 5.11 Å². The van der Waals surface area contributed by atoms with Gasteiger partial charge in [-0.1, -0.05) is 24.3 Å². The lowest BCUT2D eigenvalue weighted by Crippen LogP contribution is -1.97. The molecule has 0 fully saturated rings. The van der Waals surface area contributed by atoms with Crippen molar-refractivity contribution in [2.24, 2.45) is 4.36 Å². The highest BCUT2D eigenvalue weighted by molar-refractivity contribution is 7.61. The largest absolute Gasteiger partial charge is 0.480 e. The molecule has 0 aliphatic rings. The Morgan fingerprint density at radius 3 is 1.88 bits per heavy atom. The Bertz CT molecular complexity index is 450. The molecule has 0 aliphatic carbocycles. The van der Waals surface area contributed by atoms with E-state index in [1.807, 2.05) is 0 Å². The summed E-state index contributed by atoms with van der Waals surface area (Å²) in [5.74, 6) is -1.26. The molecule has 1 aromatic carbocycles. The molecule has 16 heavy (non-hydrogen) atoms. The maximum atomic E-state index is 9.54. The molecule has 0 amide bonds. The van der Waals surface area contributed by atoms with Gasteiger partial charge in [0.25, 0.3) is 0 Å².